The maximum atomic E-state index is 11.9. The SMILES string of the molecule is CCC(C)Oc1ccc(NC(=O)c2cc(C(=O)O)co2)cc1. The van der Waals surface area contributed by atoms with Crippen molar-refractivity contribution < 1.29 is 23.8 Å². The molecule has 1 unspecified atom stereocenters. The van der Waals surface area contributed by atoms with E-state index in [1.165, 1.54) is 6.07 Å². The zero-order valence-corrected chi connectivity index (χ0v) is 12.3. The van der Waals surface area contributed by atoms with Gasteiger partial charge in [-0.05, 0) is 37.6 Å². The monoisotopic (exact) mass is 303 g/mol. The van der Waals surface area contributed by atoms with Crippen LogP contribution in [0.4, 0.5) is 5.69 Å². The summed E-state index contributed by atoms with van der Waals surface area (Å²) in [4.78, 5) is 22.7. The van der Waals surface area contributed by atoms with Gasteiger partial charge < -0.3 is 19.6 Å². The van der Waals surface area contributed by atoms with E-state index in [2.05, 4.69) is 5.32 Å². The average Bonchev–Trinajstić information content (AvgIpc) is 2.99. The van der Waals surface area contributed by atoms with Gasteiger partial charge in [0.25, 0.3) is 5.91 Å². The molecule has 1 aromatic heterocycles. The van der Waals surface area contributed by atoms with Crippen LogP contribution in [0, 0.1) is 0 Å². The molecule has 0 bridgehead atoms. The van der Waals surface area contributed by atoms with Crippen LogP contribution in [-0.2, 0) is 0 Å². The molecular formula is C16H17NO5. The van der Waals surface area contributed by atoms with Crippen LogP contribution >= 0.6 is 0 Å². The lowest BCUT2D eigenvalue weighted by Crippen LogP contribution is -2.11. The maximum absolute atomic E-state index is 11.9. The second-order valence-corrected chi connectivity index (χ2v) is 4.82. The second-order valence-electron chi connectivity index (χ2n) is 4.82. The van der Waals surface area contributed by atoms with Gasteiger partial charge in [0.1, 0.15) is 12.0 Å². The minimum atomic E-state index is -1.14. The van der Waals surface area contributed by atoms with Crippen LogP contribution in [-0.4, -0.2) is 23.1 Å². The number of hydrogen-bond acceptors (Lipinski definition) is 4. The topological polar surface area (TPSA) is 88.8 Å². The lowest BCUT2D eigenvalue weighted by molar-refractivity contribution is 0.0696. The molecule has 2 rings (SSSR count). The molecule has 6 heteroatoms. The Hall–Kier alpha value is -2.76. The third-order valence-corrected chi connectivity index (χ3v) is 3.09. The van der Waals surface area contributed by atoms with Gasteiger partial charge in [-0.2, -0.15) is 0 Å². The predicted octanol–water partition coefficient (Wildman–Crippen LogP) is 3.41. The molecule has 2 N–H and O–H groups in total. The van der Waals surface area contributed by atoms with E-state index in [0.29, 0.717) is 5.69 Å². The molecule has 0 aliphatic rings. The molecule has 0 saturated heterocycles. The van der Waals surface area contributed by atoms with Gasteiger partial charge in [-0.1, -0.05) is 6.92 Å². The number of carbonyl (C=O) groups excluding carboxylic acids is 1. The Morgan fingerprint density at radius 1 is 1.32 bits per heavy atom. The number of ether oxygens (including phenoxy) is 1. The molecule has 0 spiro atoms. The molecule has 0 fully saturated rings. The number of carbonyl (C=O) groups is 2. The number of benzene rings is 1. The van der Waals surface area contributed by atoms with E-state index >= 15 is 0 Å². The van der Waals surface area contributed by atoms with Crippen molar-refractivity contribution in [1.29, 1.82) is 0 Å². The van der Waals surface area contributed by atoms with Crippen molar-refractivity contribution >= 4 is 17.6 Å². The van der Waals surface area contributed by atoms with Crippen LogP contribution in [0.1, 0.15) is 41.2 Å². The van der Waals surface area contributed by atoms with E-state index in [4.69, 9.17) is 14.3 Å². The molecular weight excluding hydrogens is 286 g/mol. The van der Waals surface area contributed by atoms with Gasteiger partial charge in [-0.3, -0.25) is 4.79 Å². The fraction of sp³-hybridized carbons (Fsp3) is 0.250. The Morgan fingerprint density at radius 3 is 2.55 bits per heavy atom. The summed E-state index contributed by atoms with van der Waals surface area (Å²) in [5.74, 6) is -0.992. The summed E-state index contributed by atoms with van der Waals surface area (Å²) in [6.45, 7) is 4.01. The van der Waals surface area contributed by atoms with E-state index in [0.717, 1.165) is 18.4 Å². The Kier molecular flexibility index (Phi) is 4.83. The van der Waals surface area contributed by atoms with Crippen LogP contribution in [0.3, 0.4) is 0 Å². The minimum absolute atomic E-state index is 0.0580. The number of carboxylic acids is 1. The van der Waals surface area contributed by atoms with Crippen LogP contribution < -0.4 is 10.1 Å². The summed E-state index contributed by atoms with van der Waals surface area (Å²) < 4.78 is 10.6. The molecule has 0 radical (unpaired) electrons. The van der Waals surface area contributed by atoms with Crippen molar-refractivity contribution in [1.82, 2.24) is 0 Å². The molecule has 116 valence electrons. The number of amides is 1. The molecule has 1 aromatic carbocycles. The Balaban J connectivity index is 2.00. The molecule has 0 aliphatic carbocycles. The number of hydrogen-bond donors (Lipinski definition) is 2. The van der Waals surface area contributed by atoms with Gasteiger partial charge in [-0.15, -0.1) is 0 Å². The van der Waals surface area contributed by atoms with Crippen molar-refractivity contribution in [3.8, 4) is 5.75 Å². The highest BCUT2D eigenvalue weighted by atomic mass is 16.5. The van der Waals surface area contributed by atoms with E-state index < -0.39 is 11.9 Å². The van der Waals surface area contributed by atoms with Crippen LogP contribution in [0.2, 0.25) is 0 Å². The Bertz CT molecular complexity index is 659. The fourth-order valence-electron chi connectivity index (χ4n) is 1.69. The van der Waals surface area contributed by atoms with Gasteiger partial charge in [-0.25, -0.2) is 4.79 Å². The summed E-state index contributed by atoms with van der Waals surface area (Å²) >= 11 is 0. The quantitative estimate of drug-likeness (QED) is 0.853. The summed E-state index contributed by atoms with van der Waals surface area (Å²) in [7, 11) is 0. The largest absolute Gasteiger partial charge is 0.491 e. The first-order valence-electron chi connectivity index (χ1n) is 6.89. The summed E-state index contributed by atoms with van der Waals surface area (Å²) in [6.07, 6.45) is 2.06. The van der Waals surface area contributed by atoms with E-state index in [1.807, 2.05) is 13.8 Å². The number of aromatic carboxylic acids is 1. The van der Waals surface area contributed by atoms with Crippen LogP contribution in [0.15, 0.2) is 41.0 Å². The number of nitrogens with one attached hydrogen (secondary N) is 1. The van der Waals surface area contributed by atoms with Gasteiger partial charge >= 0.3 is 5.97 Å². The van der Waals surface area contributed by atoms with Crippen LogP contribution in [0.5, 0.6) is 5.75 Å². The zero-order chi connectivity index (χ0) is 16.1. The van der Waals surface area contributed by atoms with Crippen molar-refractivity contribution in [3.63, 3.8) is 0 Å². The maximum Gasteiger partial charge on any atom is 0.338 e. The molecule has 2 aromatic rings. The normalized spacial score (nSPS) is 11.7. The van der Waals surface area contributed by atoms with Gasteiger partial charge in [0.05, 0.1) is 11.7 Å². The predicted molar refractivity (Wildman–Crippen MR) is 80.4 cm³/mol. The van der Waals surface area contributed by atoms with E-state index in [1.54, 1.807) is 24.3 Å². The summed E-state index contributed by atoms with van der Waals surface area (Å²) in [5.41, 5.74) is 0.497. The first kappa shape index (κ1) is 15.6. The van der Waals surface area contributed by atoms with Crippen molar-refractivity contribution in [2.24, 2.45) is 0 Å². The van der Waals surface area contributed by atoms with Crippen molar-refractivity contribution in [2.45, 2.75) is 26.4 Å². The molecule has 1 amide bonds. The van der Waals surface area contributed by atoms with Crippen LogP contribution in [0.25, 0.3) is 0 Å². The Labute approximate surface area is 127 Å². The lowest BCUT2D eigenvalue weighted by Gasteiger charge is -2.12. The number of furan rings is 1. The van der Waals surface area contributed by atoms with E-state index in [9.17, 15) is 9.59 Å². The molecule has 1 atom stereocenters. The standard InChI is InChI=1S/C16H17NO5/c1-3-10(2)22-13-6-4-12(5-7-13)17-15(18)14-8-11(9-21-14)16(19)20/h4-10H,3H2,1-2H3,(H,17,18)(H,19,20). The molecule has 0 aliphatic heterocycles. The molecule has 22 heavy (non-hydrogen) atoms. The molecule has 1 heterocycles. The highest BCUT2D eigenvalue weighted by Crippen LogP contribution is 2.18. The lowest BCUT2D eigenvalue weighted by atomic mass is 10.2. The third kappa shape index (κ3) is 3.88. The molecule has 6 nitrogen and oxygen atoms in total. The highest BCUT2D eigenvalue weighted by Gasteiger charge is 2.14. The number of carboxylic acid groups (broad SMARTS) is 1. The fourth-order valence-corrected chi connectivity index (χ4v) is 1.69. The van der Waals surface area contributed by atoms with Crippen molar-refractivity contribution in [2.75, 3.05) is 5.32 Å². The smallest absolute Gasteiger partial charge is 0.338 e. The van der Waals surface area contributed by atoms with E-state index in [-0.39, 0.29) is 17.4 Å². The van der Waals surface area contributed by atoms with Gasteiger partial charge in [0, 0.05) is 11.8 Å². The third-order valence-electron chi connectivity index (χ3n) is 3.09. The molecule has 0 saturated carbocycles. The second kappa shape index (κ2) is 6.80. The minimum Gasteiger partial charge on any atom is -0.491 e. The van der Waals surface area contributed by atoms with Crippen molar-refractivity contribution in [3.05, 3.63) is 47.9 Å². The highest BCUT2D eigenvalue weighted by molar-refractivity contribution is 6.03. The van der Waals surface area contributed by atoms with Gasteiger partial charge in [0.15, 0.2) is 5.76 Å². The number of rotatable bonds is 6. The average molecular weight is 303 g/mol. The Morgan fingerprint density at radius 2 is 2.00 bits per heavy atom. The zero-order valence-electron chi connectivity index (χ0n) is 12.3. The first-order valence-corrected chi connectivity index (χ1v) is 6.89. The van der Waals surface area contributed by atoms with Gasteiger partial charge in [0.2, 0.25) is 0 Å². The first-order chi connectivity index (χ1) is 10.5. The summed E-state index contributed by atoms with van der Waals surface area (Å²) in [6, 6.07) is 8.10. The summed E-state index contributed by atoms with van der Waals surface area (Å²) in [5, 5.41) is 11.4. The number of anilines is 1.